The van der Waals surface area contributed by atoms with Crippen molar-refractivity contribution in [2.75, 3.05) is 61.5 Å². The van der Waals surface area contributed by atoms with Crippen molar-refractivity contribution in [2.45, 2.75) is 13.0 Å². The van der Waals surface area contributed by atoms with E-state index in [1.165, 1.54) is 19.2 Å². The molecule has 9 nitrogen and oxygen atoms in total. The number of carbonyl (C=O) groups is 2. The molecule has 0 aliphatic carbocycles. The minimum atomic E-state index is -0.549. The fraction of sp³-hybridized carbons (Fsp3) is 0.265. The van der Waals surface area contributed by atoms with Crippen molar-refractivity contribution in [1.29, 1.82) is 0 Å². The Morgan fingerprint density at radius 2 is 1.70 bits per heavy atom. The van der Waals surface area contributed by atoms with Gasteiger partial charge in [0.05, 0.1) is 24.0 Å². The lowest BCUT2D eigenvalue weighted by molar-refractivity contribution is 0.0741. The molecule has 0 bridgehead atoms. The molecule has 0 atom stereocenters. The molecular weight excluding hydrogens is 559 g/mol. The maximum absolute atomic E-state index is 13.4. The first-order chi connectivity index (χ1) is 21.4. The van der Waals surface area contributed by atoms with Gasteiger partial charge in [-0.25, -0.2) is 9.18 Å². The first kappa shape index (κ1) is 30.5. The van der Waals surface area contributed by atoms with Gasteiger partial charge >= 0.3 is 6.09 Å². The molecule has 0 radical (unpaired) electrons. The van der Waals surface area contributed by atoms with Crippen LogP contribution in [0.4, 0.5) is 26.2 Å². The van der Waals surface area contributed by atoms with E-state index >= 15 is 0 Å². The molecule has 0 saturated carbocycles. The van der Waals surface area contributed by atoms with Gasteiger partial charge in [-0.2, -0.15) is 0 Å². The minimum Gasteiger partial charge on any atom is -0.453 e. The van der Waals surface area contributed by atoms with E-state index in [2.05, 4.69) is 26.2 Å². The highest BCUT2D eigenvalue weighted by atomic mass is 19.1. The monoisotopic (exact) mass is 596 g/mol. The van der Waals surface area contributed by atoms with Gasteiger partial charge in [0.25, 0.3) is 5.91 Å². The quantitative estimate of drug-likeness (QED) is 0.253. The van der Waals surface area contributed by atoms with Crippen LogP contribution in [0.1, 0.15) is 22.3 Å². The maximum atomic E-state index is 13.4. The normalized spacial score (nSPS) is 13.0. The second-order valence-corrected chi connectivity index (χ2v) is 10.6. The molecule has 5 rings (SSSR count). The van der Waals surface area contributed by atoms with Crippen molar-refractivity contribution in [1.82, 2.24) is 9.88 Å². The smallest absolute Gasteiger partial charge is 0.411 e. The zero-order valence-corrected chi connectivity index (χ0v) is 24.8. The summed E-state index contributed by atoms with van der Waals surface area (Å²) in [7, 11) is 1.34. The molecule has 10 heteroatoms. The van der Waals surface area contributed by atoms with E-state index in [0.29, 0.717) is 37.3 Å². The Morgan fingerprint density at radius 1 is 0.955 bits per heavy atom. The lowest BCUT2D eigenvalue weighted by Crippen LogP contribution is -2.46. The van der Waals surface area contributed by atoms with Gasteiger partial charge in [0.1, 0.15) is 5.82 Å². The summed E-state index contributed by atoms with van der Waals surface area (Å²) in [6.45, 7) is 4.41. The second-order valence-electron chi connectivity index (χ2n) is 10.6. The third kappa shape index (κ3) is 7.51. The number of rotatable bonds is 10. The van der Waals surface area contributed by atoms with Crippen molar-refractivity contribution in [3.8, 4) is 11.1 Å². The van der Waals surface area contributed by atoms with E-state index in [-0.39, 0.29) is 11.7 Å². The predicted molar refractivity (Wildman–Crippen MR) is 171 cm³/mol. The Labute approximate surface area is 257 Å². The van der Waals surface area contributed by atoms with Crippen LogP contribution in [0.3, 0.4) is 0 Å². The number of methoxy groups -OCH3 is 1. The molecule has 1 fully saturated rings. The first-order valence-electron chi connectivity index (χ1n) is 14.7. The number of benzene rings is 3. The molecule has 1 aliphatic rings. The number of hydrogen-bond donors (Lipinski definition) is 2. The van der Waals surface area contributed by atoms with E-state index in [9.17, 15) is 14.0 Å². The zero-order valence-electron chi connectivity index (χ0n) is 24.8. The van der Waals surface area contributed by atoms with Crippen molar-refractivity contribution in [2.24, 2.45) is 5.73 Å². The maximum Gasteiger partial charge on any atom is 0.411 e. The standard InChI is InChI=1S/C34H37FN6O3/c1-44-34(43)38-31-22-27(8-13-32(31)40-19-17-39(18-20-40)30-11-9-29(35)10-12-30)26-6-2-5-25(21-26)24-41(16-4-14-36)33(42)28-7-3-15-37-23-28/h2-3,5-13,15,21-23H,4,14,16-20,24,36H2,1H3,(H,38,43). The molecule has 3 N–H and O–H groups in total. The highest BCUT2D eigenvalue weighted by Gasteiger charge is 2.22. The van der Waals surface area contributed by atoms with Gasteiger partial charge in [-0.15, -0.1) is 0 Å². The number of halogens is 1. The molecule has 1 aromatic heterocycles. The molecule has 0 spiro atoms. The Morgan fingerprint density at radius 3 is 2.41 bits per heavy atom. The van der Waals surface area contributed by atoms with E-state index in [1.807, 2.05) is 36.4 Å². The number of carbonyl (C=O) groups excluding carboxylic acids is 2. The van der Waals surface area contributed by atoms with Gasteiger partial charge in [0.15, 0.2) is 0 Å². The van der Waals surface area contributed by atoms with Gasteiger partial charge in [0, 0.05) is 57.3 Å². The Hall–Kier alpha value is -4.96. The average Bonchev–Trinajstić information content (AvgIpc) is 3.07. The molecule has 1 saturated heterocycles. The number of anilines is 3. The van der Waals surface area contributed by atoms with E-state index in [0.717, 1.165) is 54.2 Å². The van der Waals surface area contributed by atoms with Crippen LogP contribution in [0.15, 0.2) is 91.3 Å². The Balaban J connectivity index is 1.36. The van der Waals surface area contributed by atoms with Crippen LogP contribution in [0.25, 0.3) is 11.1 Å². The van der Waals surface area contributed by atoms with Crippen molar-refractivity contribution in [3.63, 3.8) is 0 Å². The fourth-order valence-electron chi connectivity index (χ4n) is 5.39. The van der Waals surface area contributed by atoms with Crippen LogP contribution in [-0.2, 0) is 11.3 Å². The number of nitrogens with zero attached hydrogens (tertiary/aromatic N) is 4. The number of piperazine rings is 1. The summed E-state index contributed by atoms with van der Waals surface area (Å²) in [6, 6.07) is 24.1. The van der Waals surface area contributed by atoms with Crippen molar-refractivity contribution < 1.29 is 18.7 Å². The molecular formula is C34H37FN6O3. The SMILES string of the molecule is COC(=O)Nc1cc(-c2cccc(CN(CCCN)C(=O)c3cccnc3)c2)ccc1N1CCN(c2ccc(F)cc2)CC1. The number of nitrogens with one attached hydrogen (secondary N) is 1. The highest BCUT2D eigenvalue weighted by Crippen LogP contribution is 2.33. The number of amides is 2. The number of hydrogen-bond acceptors (Lipinski definition) is 7. The summed E-state index contributed by atoms with van der Waals surface area (Å²) in [4.78, 5) is 35.9. The van der Waals surface area contributed by atoms with Gasteiger partial charge in [-0.3, -0.25) is 15.1 Å². The summed E-state index contributed by atoms with van der Waals surface area (Å²) >= 11 is 0. The number of ether oxygens (including phenoxy) is 1. The zero-order chi connectivity index (χ0) is 30.9. The number of aromatic nitrogens is 1. The lowest BCUT2D eigenvalue weighted by atomic mass is 10.0. The Kier molecular flexibility index (Phi) is 10.0. The van der Waals surface area contributed by atoms with E-state index in [4.69, 9.17) is 10.5 Å². The fourth-order valence-corrected chi connectivity index (χ4v) is 5.39. The van der Waals surface area contributed by atoms with Gasteiger partial charge in [-0.05, 0) is 84.3 Å². The molecule has 4 aromatic rings. The molecule has 2 heterocycles. The van der Waals surface area contributed by atoms with Crippen LogP contribution in [0.5, 0.6) is 0 Å². The molecule has 3 aromatic carbocycles. The summed E-state index contributed by atoms with van der Waals surface area (Å²) in [5.41, 5.74) is 11.7. The lowest BCUT2D eigenvalue weighted by Gasteiger charge is -2.38. The van der Waals surface area contributed by atoms with Crippen LogP contribution in [0, 0.1) is 5.82 Å². The summed E-state index contributed by atoms with van der Waals surface area (Å²) in [5, 5.41) is 2.89. The van der Waals surface area contributed by atoms with Crippen LogP contribution in [-0.4, -0.2) is 68.3 Å². The van der Waals surface area contributed by atoms with Gasteiger partial charge in [0.2, 0.25) is 0 Å². The predicted octanol–water partition coefficient (Wildman–Crippen LogP) is 5.38. The molecule has 228 valence electrons. The minimum absolute atomic E-state index is 0.0922. The molecule has 1 aliphatic heterocycles. The van der Waals surface area contributed by atoms with Gasteiger partial charge < -0.3 is 25.2 Å². The van der Waals surface area contributed by atoms with Crippen molar-refractivity contribution >= 4 is 29.1 Å². The Bertz CT molecular complexity index is 1560. The molecule has 2 amide bonds. The number of pyridine rings is 1. The topological polar surface area (TPSA) is 104 Å². The molecule has 44 heavy (non-hydrogen) atoms. The van der Waals surface area contributed by atoms with Crippen molar-refractivity contribution in [3.05, 3.63) is 108 Å². The summed E-state index contributed by atoms with van der Waals surface area (Å²) < 4.78 is 18.3. The van der Waals surface area contributed by atoms with Crippen LogP contribution >= 0.6 is 0 Å². The molecule has 0 unspecified atom stereocenters. The van der Waals surface area contributed by atoms with Gasteiger partial charge in [-0.1, -0.05) is 24.3 Å². The first-order valence-corrected chi connectivity index (χ1v) is 14.7. The second kappa shape index (κ2) is 14.5. The summed E-state index contributed by atoms with van der Waals surface area (Å²) in [6.07, 6.45) is 3.36. The van der Waals surface area contributed by atoms with E-state index < -0.39 is 6.09 Å². The highest BCUT2D eigenvalue weighted by molar-refractivity contribution is 5.94. The average molecular weight is 597 g/mol. The summed E-state index contributed by atoms with van der Waals surface area (Å²) in [5.74, 6) is -0.343. The van der Waals surface area contributed by atoms with E-state index in [1.54, 1.807) is 41.6 Å². The number of nitrogens with two attached hydrogens (primary N) is 1. The third-order valence-corrected chi connectivity index (χ3v) is 7.69. The largest absolute Gasteiger partial charge is 0.453 e. The van der Waals surface area contributed by atoms with Crippen LogP contribution in [0.2, 0.25) is 0 Å². The van der Waals surface area contributed by atoms with Crippen LogP contribution < -0.4 is 20.9 Å². The third-order valence-electron chi connectivity index (χ3n) is 7.69.